The van der Waals surface area contributed by atoms with Crippen molar-refractivity contribution in [2.75, 3.05) is 5.32 Å². The normalized spacial score (nSPS) is 14.6. The highest BCUT2D eigenvalue weighted by atomic mass is 19.4. The highest BCUT2D eigenvalue weighted by Gasteiger charge is 2.30. The van der Waals surface area contributed by atoms with Gasteiger partial charge >= 0.3 is 6.18 Å². The number of benzene rings is 1. The van der Waals surface area contributed by atoms with E-state index in [-0.39, 0.29) is 10.9 Å². The van der Waals surface area contributed by atoms with Gasteiger partial charge in [-0.15, -0.1) is 0 Å². The Bertz CT molecular complexity index is 1290. The maximum Gasteiger partial charge on any atom is 0.406 e. The summed E-state index contributed by atoms with van der Waals surface area (Å²) in [6, 6.07) is 10.5. The van der Waals surface area contributed by atoms with E-state index in [0.717, 1.165) is 17.4 Å². The fourth-order valence-electron chi connectivity index (χ4n) is 3.55. The molecule has 0 atom stereocenters. The summed E-state index contributed by atoms with van der Waals surface area (Å²) < 4.78 is 41.6. The number of para-hydroxylation sites is 1. The van der Waals surface area contributed by atoms with Crippen molar-refractivity contribution in [1.29, 1.82) is 0 Å². The zero-order chi connectivity index (χ0) is 20.2. The average molecular weight is 399 g/mol. The minimum absolute atomic E-state index is 0.133. The van der Waals surface area contributed by atoms with E-state index < -0.39 is 18.3 Å². The van der Waals surface area contributed by atoms with Gasteiger partial charge in [-0.25, -0.2) is 9.67 Å². The molecule has 0 radical (unpaired) electrons. The largest absolute Gasteiger partial charge is 0.406 e. The molecule has 4 aromatic rings. The smallest absolute Gasteiger partial charge is 0.366 e. The van der Waals surface area contributed by atoms with Gasteiger partial charge in [0.15, 0.2) is 5.82 Å². The van der Waals surface area contributed by atoms with E-state index in [9.17, 15) is 18.0 Å². The number of alkyl halides is 3. The summed E-state index contributed by atoms with van der Waals surface area (Å²) in [7, 11) is 0. The molecule has 9 heteroatoms. The molecular weight excluding hydrogens is 383 g/mol. The molecule has 6 nitrogen and oxygen atoms in total. The van der Waals surface area contributed by atoms with Gasteiger partial charge in [-0.2, -0.15) is 18.3 Å². The van der Waals surface area contributed by atoms with Crippen LogP contribution in [0.25, 0.3) is 27.5 Å². The maximum absolute atomic E-state index is 13.1. The number of nitrogens with zero attached hydrogens (tertiary/aromatic N) is 4. The van der Waals surface area contributed by atoms with Crippen LogP contribution in [0.5, 0.6) is 0 Å². The topological polar surface area (TPSA) is 64.7 Å². The number of rotatable bonds is 4. The predicted octanol–water partition coefficient (Wildman–Crippen LogP) is 3.87. The second-order valence-electron chi connectivity index (χ2n) is 7.13. The Morgan fingerprint density at radius 3 is 2.66 bits per heavy atom. The van der Waals surface area contributed by atoms with Gasteiger partial charge in [0.25, 0.3) is 5.56 Å². The molecule has 1 aliphatic carbocycles. The number of fused-ring (bicyclic) bond motifs is 3. The van der Waals surface area contributed by atoms with Crippen molar-refractivity contribution >= 4 is 27.6 Å². The summed E-state index contributed by atoms with van der Waals surface area (Å²) in [5.41, 5.74) is 0.607. The van der Waals surface area contributed by atoms with Gasteiger partial charge in [-0.1, -0.05) is 18.2 Å². The second kappa shape index (κ2) is 6.33. The lowest BCUT2D eigenvalue weighted by Crippen LogP contribution is -2.28. The van der Waals surface area contributed by atoms with Crippen LogP contribution in [0.2, 0.25) is 0 Å². The molecule has 29 heavy (non-hydrogen) atoms. The number of anilines is 1. The van der Waals surface area contributed by atoms with Crippen LogP contribution < -0.4 is 10.9 Å². The summed E-state index contributed by atoms with van der Waals surface area (Å²) in [6.45, 7) is -1.35. The van der Waals surface area contributed by atoms with E-state index in [0.29, 0.717) is 28.5 Å². The molecule has 0 aliphatic heterocycles. The SMILES string of the molecule is O=c1c2cnn(-c3cccnc3NC3CC3)c2c2ccccc2n1CC(F)(F)F. The first-order chi connectivity index (χ1) is 13.9. The predicted molar refractivity (Wildman–Crippen MR) is 103 cm³/mol. The lowest BCUT2D eigenvalue weighted by Gasteiger charge is -2.15. The minimum atomic E-state index is -4.51. The number of aromatic nitrogens is 4. The third kappa shape index (κ3) is 3.12. The number of hydrogen-bond acceptors (Lipinski definition) is 4. The highest BCUT2D eigenvalue weighted by Crippen LogP contribution is 2.31. The number of halogens is 3. The summed E-state index contributed by atoms with van der Waals surface area (Å²) >= 11 is 0. The molecule has 0 bridgehead atoms. The highest BCUT2D eigenvalue weighted by molar-refractivity contribution is 6.04. The van der Waals surface area contributed by atoms with Crippen molar-refractivity contribution in [2.45, 2.75) is 31.6 Å². The molecule has 0 unspecified atom stereocenters. The Morgan fingerprint density at radius 2 is 1.90 bits per heavy atom. The van der Waals surface area contributed by atoms with Crippen LogP contribution in [0.1, 0.15) is 12.8 Å². The van der Waals surface area contributed by atoms with Crippen molar-refractivity contribution in [3.05, 3.63) is 59.1 Å². The Balaban J connectivity index is 1.80. The molecule has 148 valence electrons. The van der Waals surface area contributed by atoms with E-state index in [4.69, 9.17) is 0 Å². The molecule has 5 rings (SSSR count). The second-order valence-corrected chi connectivity index (χ2v) is 7.13. The molecule has 1 saturated carbocycles. The van der Waals surface area contributed by atoms with Gasteiger partial charge in [0.05, 0.1) is 22.6 Å². The number of nitrogens with one attached hydrogen (secondary N) is 1. The molecular formula is C20H16F3N5O. The van der Waals surface area contributed by atoms with Crippen molar-refractivity contribution in [3.63, 3.8) is 0 Å². The molecule has 0 amide bonds. The van der Waals surface area contributed by atoms with Crippen LogP contribution >= 0.6 is 0 Å². The van der Waals surface area contributed by atoms with Crippen LogP contribution in [-0.2, 0) is 6.54 Å². The fraction of sp³-hybridized carbons (Fsp3) is 0.250. The minimum Gasteiger partial charge on any atom is -0.366 e. The molecule has 3 heterocycles. The average Bonchev–Trinajstić information content (AvgIpc) is 3.39. The standard InChI is InChI=1S/C20H16F3N5O/c21-20(22,23)11-27-15-5-2-1-4-13(15)17-14(19(27)29)10-25-28(17)16-6-3-9-24-18(16)26-12-7-8-12/h1-6,9-10,12H,7-8,11H2,(H,24,26). The van der Waals surface area contributed by atoms with E-state index in [1.165, 1.54) is 12.3 Å². The Kier molecular flexibility index (Phi) is 3.87. The van der Waals surface area contributed by atoms with Crippen LogP contribution in [0.3, 0.4) is 0 Å². The molecule has 1 fully saturated rings. The monoisotopic (exact) mass is 399 g/mol. The van der Waals surface area contributed by atoms with E-state index in [2.05, 4.69) is 15.4 Å². The Labute approximate surface area is 162 Å². The summed E-state index contributed by atoms with van der Waals surface area (Å²) in [6.07, 6.45) is 0.585. The van der Waals surface area contributed by atoms with Gasteiger partial charge in [0.2, 0.25) is 0 Å². The van der Waals surface area contributed by atoms with Crippen LogP contribution in [0.4, 0.5) is 19.0 Å². The molecule has 1 N–H and O–H groups in total. The van der Waals surface area contributed by atoms with Crippen molar-refractivity contribution in [2.24, 2.45) is 0 Å². The molecule has 0 spiro atoms. The molecule has 0 saturated heterocycles. The van der Waals surface area contributed by atoms with Crippen molar-refractivity contribution in [3.8, 4) is 5.69 Å². The first-order valence-electron chi connectivity index (χ1n) is 9.20. The lowest BCUT2D eigenvalue weighted by atomic mass is 10.1. The van der Waals surface area contributed by atoms with Gasteiger partial charge < -0.3 is 5.32 Å². The van der Waals surface area contributed by atoms with Gasteiger partial charge in [-0.3, -0.25) is 9.36 Å². The summed E-state index contributed by atoms with van der Waals surface area (Å²) in [5, 5.41) is 8.34. The third-order valence-electron chi connectivity index (χ3n) is 4.96. The van der Waals surface area contributed by atoms with Crippen LogP contribution in [0, 0.1) is 0 Å². The zero-order valence-corrected chi connectivity index (χ0v) is 15.1. The first-order valence-corrected chi connectivity index (χ1v) is 9.20. The number of pyridine rings is 2. The number of hydrogen-bond donors (Lipinski definition) is 1. The summed E-state index contributed by atoms with van der Waals surface area (Å²) in [5.74, 6) is 0.628. The van der Waals surface area contributed by atoms with Gasteiger partial charge in [0.1, 0.15) is 12.2 Å². The molecule has 3 aromatic heterocycles. The Hall–Kier alpha value is -3.36. The fourth-order valence-corrected chi connectivity index (χ4v) is 3.55. The Morgan fingerprint density at radius 1 is 1.10 bits per heavy atom. The van der Waals surface area contributed by atoms with Crippen LogP contribution in [-0.4, -0.2) is 31.5 Å². The van der Waals surface area contributed by atoms with Gasteiger partial charge in [0, 0.05) is 17.6 Å². The molecule has 1 aliphatic rings. The van der Waals surface area contributed by atoms with E-state index in [1.54, 1.807) is 35.1 Å². The van der Waals surface area contributed by atoms with Crippen molar-refractivity contribution < 1.29 is 13.2 Å². The molecule has 1 aromatic carbocycles. The summed E-state index contributed by atoms with van der Waals surface area (Å²) in [4.78, 5) is 17.3. The zero-order valence-electron chi connectivity index (χ0n) is 15.1. The quantitative estimate of drug-likeness (QED) is 0.566. The lowest BCUT2D eigenvalue weighted by molar-refractivity contribution is -0.140. The van der Waals surface area contributed by atoms with Crippen LogP contribution in [0.15, 0.2) is 53.6 Å². The van der Waals surface area contributed by atoms with Crippen molar-refractivity contribution in [1.82, 2.24) is 19.3 Å². The van der Waals surface area contributed by atoms with E-state index in [1.807, 2.05) is 6.07 Å². The maximum atomic E-state index is 13.1. The first kappa shape index (κ1) is 17.7. The third-order valence-corrected chi connectivity index (χ3v) is 4.96. The van der Waals surface area contributed by atoms with Gasteiger partial charge in [-0.05, 0) is 31.0 Å². The van der Waals surface area contributed by atoms with E-state index >= 15 is 0 Å².